The molecule has 0 aromatic heterocycles. The second-order valence-electron chi connectivity index (χ2n) is 5.07. The molecule has 0 spiro atoms. The van der Waals surface area contributed by atoms with Crippen LogP contribution in [0.1, 0.15) is 21.5 Å². The Kier molecular flexibility index (Phi) is 5.90. The number of thioether (sulfide) groups is 1. The predicted octanol–water partition coefficient (Wildman–Crippen LogP) is 3.83. The number of benzene rings is 2. The number of aryl methyl sites for hydroxylation is 2. The van der Waals surface area contributed by atoms with Crippen LogP contribution in [0, 0.1) is 13.8 Å². The Balaban J connectivity index is 1.86. The second-order valence-corrected chi connectivity index (χ2v) is 5.92. The number of carbonyl (C=O) groups is 1. The first-order valence-corrected chi connectivity index (χ1v) is 8.45. The smallest absolute Gasteiger partial charge is 0.252 e. The molecule has 0 saturated carbocycles. The minimum atomic E-state index is -0.0606. The van der Waals surface area contributed by atoms with Gasteiger partial charge in [-0.15, -0.1) is 11.8 Å². The quantitative estimate of drug-likeness (QED) is 0.650. The van der Waals surface area contributed by atoms with Gasteiger partial charge in [-0.3, -0.25) is 4.79 Å². The third-order valence-corrected chi connectivity index (χ3v) is 4.14. The maximum Gasteiger partial charge on any atom is 0.252 e. The van der Waals surface area contributed by atoms with Crippen LogP contribution in [0.15, 0.2) is 47.4 Å². The molecule has 116 valence electrons. The van der Waals surface area contributed by atoms with Gasteiger partial charge in [-0.05, 0) is 49.4 Å². The highest BCUT2D eigenvalue weighted by Crippen LogP contribution is 2.20. The van der Waals surface area contributed by atoms with Crippen LogP contribution in [-0.2, 0) is 0 Å². The summed E-state index contributed by atoms with van der Waals surface area (Å²) in [6.07, 6.45) is 1.97. The highest BCUT2D eigenvalue weighted by atomic mass is 32.2. The van der Waals surface area contributed by atoms with Gasteiger partial charge in [0, 0.05) is 4.90 Å². The summed E-state index contributed by atoms with van der Waals surface area (Å²) in [7, 11) is 0. The largest absolute Gasteiger partial charge is 0.491 e. The summed E-state index contributed by atoms with van der Waals surface area (Å²) in [5.74, 6) is 0.813. The van der Waals surface area contributed by atoms with Crippen LogP contribution in [0.25, 0.3) is 0 Å². The van der Waals surface area contributed by atoms with E-state index in [0.29, 0.717) is 18.7 Å². The Morgan fingerprint density at radius 2 is 1.95 bits per heavy atom. The van der Waals surface area contributed by atoms with Crippen molar-refractivity contribution < 1.29 is 9.53 Å². The van der Waals surface area contributed by atoms with Crippen molar-refractivity contribution >= 4 is 17.7 Å². The van der Waals surface area contributed by atoms with Gasteiger partial charge < -0.3 is 10.1 Å². The van der Waals surface area contributed by atoms with E-state index in [1.807, 2.05) is 56.5 Å². The third kappa shape index (κ3) is 4.28. The fourth-order valence-electron chi connectivity index (χ4n) is 2.12. The molecule has 0 aliphatic carbocycles. The van der Waals surface area contributed by atoms with Crippen molar-refractivity contribution in [1.29, 1.82) is 0 Å². The van der Waals surface area contributed by atoms with Gasteiger partial charge in [0.1, 0.15) is 12.4 Å². The van der Waals surface area contributed by atoms with Gasteiger partial charge in [0.15, 0.2) is 0 Å². The molecule has 1 N–H and O–H groups in total. The molecule has 0 radical (unpaired) electrons. The molecule has 0 bridgehead atoms. The lowest BCUT2D eigenvalue weighted by Gasteiger charge is -2.11. The van der Waals surface area contributed by atoms with Crippen molar-refractivity contribution in [3.05, 3.63) is 59.2 Å². The first kappa shape index (κ1) is 16.4. The maximum absolute atomic E-state index is 12.2. The standard InChI is InChI=1S/C18H21NO2S/c1-13-8-9-14(2)16(12-13)21-11-10-19-18(20)15-6-4-5-7-17(15)22-3/h4-9,12H,10-11H2,1-3H3,(H,19,20). The van der Waals surface area contributed by atoms with E-state index >= 15 is 0 Å². The third-order valence-electron chi connectivity index (χ3n) is 3.34. The number of hydrogen-bond acceptors (Lipinski definition) is 3. The van der Waals surface area contributed by atoms with E-state index in [1.54, 1.807) is 11.8 Å². The second kappa shape index (κ2) is 7.90. The normalized spacial score (nSPS) is 10.3. The lowest BCUT2D eigenvalue weighted by molar-refractivity contribution is 0.0944. The van der Waals surface area contributed by atoms with Crippen LogP contribution in [0.3, 0.4) is 0 Å². The summed E-state index contributed by atoms with van der Waals surface area (Å²) in [6.45, 7) is 4.99. The van der Waals surface area contributed by atoms with Gasteiger partial charge in [0.25, 0.3) is 5.91 Å². The van der Waals surface area contributed by atoms with Crippen molar-refractivity contribution in [3.63, 3.8) is 0 Å². The molecule has 3 nitrogen and oxygen atoms in total. The molecule has 0 heterocycles. The number of rotatable bonds is 6. The zero-order chi connectivity index (χ0) is 15.9. The Morgan fingerprint density at radius 3 is 2.73 bits per heavy atom. The van der Waals surface area contributed by atoms with Crippen molar-refractivity contribution in [2.24, 2.45) is 0 Å². The summed E-state index contributed by atoms with van der Waals surface area (Å²) in [4.78, 5) is 13.2. The lowest BCUT2D eigenvalue weighted by atomic mass is 10.1. The van der Waals surface area contributed by atoms with Crippen molar-refractivity contribution in [2.45, 2.75) is 18.7 Å². The average Bonchev–Trinajstić information content (AvgIpc) is 2.54. The van der Waals surface area contributed by atoms with E-state index in [4.69, 9.17) is 4.74 Å². The van der Waals surface area contributed by atoms with Crippen LogP contribution in [0.2, 0.25) is 0 Å². The topological polar surface area (TPSA) is 38.3 Å². The minimum Gasteiger partial charge on any atom is -0.491 e. The zero-order valence-electron chi connectivity index (χ0n) is 13.2. The van der Waals surface area contributed by atoms with Gasteiger partial charge >= 0.3 is 0 Å². The van der Waals surface area contributed by atoms with E-state index in [1.165, 1.54) is 5.56 Å². The van der Waals surface area contributed by atoms with Crippen LogP contribution < -0.4 is 10.1 Å². The predicted molar refractivity (Wildman–Crippen MR) is 92.0 cm³/mol. The van der Waals surface area contributed by atoms with Gasteiger partial charge in [-0.1, -0.05) is 24.3 Å². The highest BCUT2D eigenvalue weighted by molar-refractivity contribution is 7.98. The lowest BCUT2D eigenvalue weighted by Crippen LogP contribution is -2.28. The van der Waals surface area contributed by atoms with Gasteiger partial charge in [0.05, 0.1) is 12.1 Å². The fourth-order valence-corrected chi connectivity index (χ4v) is 2.71. The first-order chi connectivity index (χ1) is 10.6. The maximum atomic E-state index is 12.2. The highest BCUT2D eigenvalue weighted by Gasteiger charge is 2.09. The molecule has 2 rings (SSSR count). The summed E-state index contributed by atoms with van der Waals surface area (Å²) in [5, 5.41) is 2.90. The average molecular weight is 315 g/mol. The molecule has 0 unspecified atom stereocenters. The molecule has 2 aromatic rings. The fraction of sp³-hybridized carbons (Fsp3) is 0.278. The number of ether oxygens (including phenoxy) is 1. The summed E-state index contributed by atoms with van der Waals surface area (Å²) in [5.41, 5.74) is 2.98. The van der Waals surface area contributed by atoms with Crippen molar-refractivity contribution in [3.8, 4) is 5.75 Å². The molecular formula is C18H21NO2S. The van der Waals surface area contributed by atoms with E-state index in [-0.39, 0.29) is 5.91 Å². The van der Waals surface area contributed by atoms with Crippen LogP contribution in [0.5, 0.6) is 5.75 Å². The van der Waals surface area contributed by atoms with Crippen LogP contribution in [-0.4, -0.2) is 25.3 Å². The Bertz CT molecular complexity index is 655. The Morgan fingerprint density at radius 1 is 1.18 bits per heavy atom. The molecule has 0 atom stereocenters. The van der Waals surface area contributed by atoms with Crippen LogP contribution >= 0.6 is 11.8 Å². The monoisotopic (exact) mass is 315 g/mol. The summed E-state index contributed by atoms with van der Waals surface area (Å²) >= 11 is 1.57. The minimum absolute atomic E-state index is 0.0606. The molecule has 0 fully saturated rings. The summed E-state index contributed by atoms with van der Waals surface area (Å²) in [6, 6.07) is 13.7. The molecule has 0 aliphatic heterocycles. The number of hydrogen-bond donors (Lipinski definition) is 1. The van der Waals surface area contributed by atoms with Gasteiger partial charge in [-0.2, -0.15) is 0 Å². The van der Waals surface area contributed by atoms with E-state index < -0.39 is 0 Å². The number of carbonyl (C=O) groups excluding carboxylic acids is 1. The molecule has 0 saturated heterocycles. The molecule has 4 heteroatoms. The SMILES string of the molecule is CSc1ccccc1C(=O)NCCOc1cc(C)ccc1C. The first-order valence-electron chi connectivity index (χ1n) is 7.23. The summed E-state index contributed by atoms with van der Waals surface area (Å²) < 4.78 is 5.74. The van der Waals surface area contributed by atoms with E-state index in [2.05, 4.69) is 11.4 Å². The molecular weight excluding hydrogens is 294 g/mol. The van der Waals surface area contributed by atoms with Crippen molar-refractivity contribution in [1.82, 2.24) is 5.32 Å². The zero-order valence-corrected chi connectivity index (χ0v) is 14.0. The van der Waals surface area contributed by atoms with E-state index in [9.17, 15) is 4.79 Å². The van der Waals surface area contributed by atoms with Gasteiger partial charge in [0.2, 0.25) is 0 Å². The van der Waals surface area contributed by atoms with E-state index in [0.717, 1.165) is 16.2 Å². The number of nitrogens with one attached hydrogen (secondary N) is 1. The molecule has 2 aromatic carbocycles. The number of amides is 1. The molecule has 0 aliphatic rings. The van der Waals surface area contributed by atoms with Crippen LogP contribution in [0.4, 0.5) is 0 Å². The Hall–Kier alpha value is -1.94. The Labute approximate surface area is 136 Å². The van der Waals surface area contributed by atoms with Crippen molar-refractivity contribution in [2.75, 3.05) is 19.4 Å². The molecule has 1 amide bonds. The van der Waals surface area contributed by atoms with Gasteiger partial charge in [-0.25, -0.2) is 0 Å². The molecule has 22 heavy (non-hydrogen) atoms.